The molecule has 1 N–H and O–H groups in total. The number of halogens is 1. The molecule has 3 nitrogen and oxygen atoms in total. The van der Waals surface area contributed by atoms with Gasteiger partial charge in [0.1, 0.15) is 11.5 Å². The molecule has 1 atom stereocenters. The Morgan fingerprint density at radius 3 is 2.45 bits per heavy atom. The van der Waals surface area contributed by atoms with Gasteiger partial charge in [0.05, 0.1) is 14.2 Å². The molecule has 0 heterocycles. The Kier molecular flexibility index (Phi) is 5.56. The number of hydrogen-bond acceptors (Lipinski definition) is 3. The van der Waals surface area contributed by atoms with Crippen LogP contribution in [0.15, 0.2) is 42.5 Å². The molecule has 2 aromatic carbocycles. The molecule has 2 aromatic rings. The van der Waals surface area contributed by atoms with Gasteiger partial charge in [0.2, 0.25) is 0 Å². The smallest absolute Gasteiger partial charge is 0.122 e. The second kappa shape index (κ2) is 7.41. The highest BCUT2D eigenvalue weighted by Gasteiger charge is 2.21. The standard InChI is InChI=1S/C18H21NO2.ClH/c1-20-16-10-8-14(9-11-16)19-15-7-6-13-4-3-5-18(21-2)17(13)12-15;/h3-5,8-11,15,19H,6-7,12H2,1-2H3;1H. The molecule has 118 valence electrons. The Morgan fingerprint density at radius 2 is 1.77 bits per heavy atom. The summed E-state index contributed by atoms with van der Waals surface area (Å²) in [5, 5.41) is 3.61. The third-order valence-corrected chi connectivity index (χ3v) is 4.12. The zero-order chi connectivity index (χ0) is 14.7. The maximum absolute atomic E-state index is 5.50. The van der Waals surface area contributed by atoms with Crippen LogP contribution in [0.1, 0.15) is 17.5 Å². The SMILES string of the molecule is COc1ccc(NC2CCc3cccc(OC)c3C2)cc1.Cl. The summed E-state index contributed by atoms with van der Waals surface area (Å²) in [5.74, 6) is 1.89. The maximum Gasteiger partial charge on any atom is 0.122 e. The molecule has 1 aliphatic carbocycles. The Balaban J connectivity index is 0.00000176. The highest BCUT2D eigenvalue weighted by molar-refractivity contribution is 5.85. The molecule has 0 amide bonds. The average molecular weight is 320 g/mol. The van der Waals surface area contributed by atoms with Gasteiger partial charge < -0.3 is 14.8 Å². The number of anilines is 1. The predicted octanol–water partition coefficient (Wildman–Crippen LogP) is 4.10. The zero-order valence-corrected chi connectivity index (χ0v) is 13.8. The van der Waals surface area contributed by atoms with Gasteiger partial charge >= 0.3 is 0 Å². The lowest BCUT2D eigenvalue weighted by atomic mass is 9.87. The first kappa shape index (κ1) is 16.5. The van der Waals surface area contributed by atoms with Crippen LogP contribution in [0.3, 0.4) is 0 Å². The number of fused-ring (bicyclic) bond motifs is 1. The van der Waals surface area contributed by atoms with E-state index < -0.39 is 0 Å². The van der Waals surface area contributed by atoms with Gasteiger partial charge in [0.25, 0.3) is 0 Å². The van der Waals surface area contributed by atoms with E-state index >= 15 is 0 Å². The van der Waals surface area contributed by atoms with Gasteiger partial charge in [-0.1, -0.05) is 12.1 Å². The van der Waals surface area contributed by atoms with Crippen molar-refractivity contribution in [1.29, 1.82) is 0 Å². The summed E-state index contributed by atoms with van der Waals surface area (Å²) < 4.78 is 10.7. The zero-order valence-electron chi connectivity index (χ0n) is 13.0. The number of methoxy groups -OCH3 is 2. The second-order valence-electron chi connectivity index (χ2n) is 5.41. The van der Waals surface area contributed by atoms with E-state index in [4.69, 9.17) is 9.47 Å². The number of hydrogen-bond donors (Lipinski definition) is 1. The fourth-order valence-electron chi connectivity index (χ4n) is 2.99. The molecular formula is C18H22ClNO2. The van der Waals surface area contributed by atoms with E-state index in [0.29, 0.717) is 6.04 Å². The molecule has 0 aromatic heterocycles. The molecule has 22 heavy (non-hydrogen) atoms. The van der Waals surface area contributed by atoms with Crippen molar-refractivity contribution in [2.75, 3.05) is 19.5 Å². The fraction of sp³-hybridized carbons (Fsp3) is 0.333. The summed E-state index contributed by atoms with van der Waals surface area (Å²) in [6, 6.07) is 14.9. The summed E-state index contributed by atoms with van der Waals surface area (Å²) in [6.07, 6.45) is 3.25. The summed E-state index contributed by atoms with van der Waals surface area (Å²) in [5.41, 5.74) is 3.90. The third-order valence-electron chi connectivity index (χ3n) is 4.12. The molecule has 0 bridgehead atoms. The highest BCUT2D eigenvalue weighted by Crippen LogP contribution is 2.30. The molecule has 0 radical (unpaired) electrons. The van der Waals surface area contributed by atoms with E-state index in [1.54, 1.807) is 14.2 Å². The van der Waals surface area contributed by atoms with Gasteiger partial charge in [-0.2, -0.15) is 0 Å². The van der Waals surface area contributed by atoms with E-state index in [-0.39, 0.29) is 12.4 Å². The lowest BCUT2D eigenvalue weighted by molar-refractivity contribution is 0.404. The summed E-state index contributed by atoms with van der Waals surface area (Å²) >= 11 is 0. The topological polar surface area (TPSA) is 30.5 Å². The minimum absolute atomic E-state index is 0. The van der Waals surface area contributed by atoms with E-state index in [1.807, 2.05) is 12.1 Å². The quantitative estimate of drug-likeness (QED) is 0.920. The van der Waals surface area contributed by atoms with Crippen LogP contribution in [-0.2, 0) is 12.8 Å². The van der Waals surface area contributed by atoms with Crippen LogP contribution < -0.4 is 14.8 Å². The van der Waals surface area contributed by atoms with Gasteiger partial charge in [0.15, 0.2) is 0 Å². The first-order valence-corrected chi connectivity index (χ1v) is 7.35. The molecule has 1 aliphatic rings. The average Bonchev–Trinajstić information content (AvgIpc) is 2.55. The molecule has 0 fully saturated rings. The van der Waals surface area contributed by atoms with Crippen molar-refractivity contribution < 1.29 is 9.47 Å². The van der Waals surface area contributed by atoms with Crippen molar-refractivity contribution in [1.82, 2.24) is 0 Å². The van der Waals surface area contributed by atoms with E-state index in [9.17, 15) is 0 Å². The Hall–Kier alpha value is -1.87. The Morgan fingerprint density at radius 1 is 1.00 bits per heavy atom. The summed E-state index contributed by atoms with van der Waals surface area (Å²) in [4.78, 5) is 0. The number of nitrogens with one attached hydrogen (secondary N) is 1. The molecule has 4 heteroatoms. The Labute approximate surface area is 138 Å². The minimum atomic E-state index is 0. The van der Waals surface area contributed by atoms with Gasteiger partial charge in [-0.25, -0.2) is 0 Å². The van der Waals surface area contributed by atoms with E-state index in [1.165, 1.54) is 11.1 Å². The van der Waals surface area contributed by atoms with Crippen molar-refractivity contribution in [2.24, 2.45) is 0 Å². The molecular weight excluding hydrogens is 298 g/mol. The minimum Gasteiger partial charge on any atom is -0.497 e. The van der Waals surface area contributed by atoms with Crippen LogP contribution in [0, 0.1) is 0 Å². The van der Waals surface area contributed by atoms with Crippen molar-refractivity contribution >= 4 is 18.1 Å². The Bertz CT molecular complexity index is 599. The fourth-order valence-corrected chi connectivity index (χ4v) is 2.99. The normalized spacial score (nSPS) is 16.2. The van der Waals surface area contributed by atoms with Crippen molar-refractivity contribution in [3.8, 4) is 11.5 Å². The van der Waals surface area contributed by atoms with E-state index in [2.05, 4.69) is 35.6 Å². The van der Waals surface area contributed by atoms with Gasteiger partial charge in [0, 0.05) is 11.7 Å². The van der Waals surface area contributed by atoms with Gasteiger partial charge in [-0.15, -0.1) is 12.4 Å². The molecule has 0 saturated carbocycles. The summed E-state index contributed by atoms with van der Waals surface area (Å²) in [7, 11) is 3.43. The van der Waals surface area contributed by atoms with E-state index in [0.717, 1.165) is 36.4 Å². The largest absolute Gasteiger partial charge is 0.497 e. The van der Waals surface area contributed by atoms with Crippen LogP contribution in [-0.4, -0.2) is 20.3 Å². The predicted molar refractivity (Wildman–Crippen MR) is 92.7 cm³/mol. The van der Waals surface area contributed by atoms with Gasteiger partial charge in [-0.3, -0.25) is 0 Å². The summed E-state index contributed by atoms with van der Waals surface area (Å²) in [6.45, 7) is 0. The number of benzene rings is 2. The molecule has 3 rings (SSSR count). The number of ether oxygens (including phenoxy) is 2. The van der Waals surface area contributed by atoms with Gasteiger partial charge in [-0.05, 0) is 60.7 Å². The lowest BCUT2D eigenvalue weighted by Gasteiger charge is -2.27. The highest BCUT2D eigenvalue weighted by atomic mass is 35.5. The molecule has 0 saturated heterocycles. The second-order valence-corrected chi connectivity index (χ2v) is 5.41. The van der Waals surface area contributed by atoms with Crippen LogP contribution in [0.25, 0.3) is 0 Å². The lowest BCUT2D eigenvalue weighted by Crippen LogP contribution is -2.27. The third kappa shape index (κ3) is 3.47. The number of rotatable bonds is 4. The van der Waals surface area contributed by atoms with Crippen molar-refractivity contribution in [2.45, 2.75) is 25.3 Å². The first-order chi connectivity index (χ1) is 10.3. The van der Waals surface area contributed by atoms with Crippen LogP contribution in [0.2, 0.25) is 0 Å². The van der Waals surface area contributed by atoms with Crippen LogP contribution in [0.5, 0.6) is 11.5 Å². The molecule has 0 spiro atoms. The van der Waals surface area contributed by atoms with Crippen molar-refractivity contribution in [3.63, 3.8) is 0 Å². The van der Waals surface area contributed by atoms with Crippen molar-refractivity contribution in [3.05, 3.63) is 53.6 Å². The van der Waals surface area contributed by atoms with Crippen LogP contribution >= 0.6 is 12.4 Å². The molecule has 0 aliphatic heterocycles. The van der Waals surface area contributed by atoms with Crippen LogP contribution in [0.4, 0.5) is 5.69 Å². The maximum atomic E-state index is 5.50. The molecule has 1 unspecified atom stereocenters. The number of aryl methyl sites for hydroxylation is 1. The monoisotopic (exact) mass is 319 g/mol. The first-order valence-electron chi connectivity index (χ1n) is 7.35.